The van der Waals surface area contributed by atoms with Gasteiger partial charge in [-0.25, -0.2) is 0 Å². The van der Waals surface area contributed by atoms with Crippen molar-refractivity contribution in [3.63, 3.8) is 0 Å². The second kappa shape index (κ2) is 9.40. The lowest BCUT2D eigenvalue weighted by atomic mass is 10.0. The molecule has 0 aliphatic carbocycles. The molecule has 0 aliphatic heterocycles. The Bertz CT molecular complexity index is 972. The van der Waals surface area contributed by atoms with Crippen molar-refractivity contribution in [2.75, 3.05) is 0 Å². The number of benzene rings is 1. The van der Waals surface area contributed by atoms with Crippen LogP contribution in [0.2, 0.25) is 5.02 Å². The van der Waals surface area contributed by atoms with Gasteiger partial charge in [-0.3, -0.25) is 9.59 Å². The molecule has 0 spiro atoms. The van der Waals surface area contributed by atoms with Gasteiger partial charge in [0.05, 0.1) is 6.26 Å². The molecule has 2 aromatic heterocycles. The first-order valence-electron chi connectivity index (χ1n) is 9.48. The van der Waals surface area contributed by atoms with Crippen LogP contribution in [-0.4, -0.2) is 31.8 Å². The van der Waals surface area contributed by atoms with Gasteiger partial charge in [0, 0.05) is 22.5 Å². The van der Waals surface area contributed by atoms with Crippen LogP contribution in [-0.2, 0) is 11.3 Å². The summed E-state index contributed by atoms with van der Waals surface area (Å²) in [5.41, 5.74) is 0.544. The van der Waals surface area contributed by atoms with E-state index in [0.29, 0.717) is 10.8 Å². The molecule has 158 valence electrons. The van der Waals surface area contributed by atoms with Crippen LogP contribution in [0, 0.1) is 0 Å². The fourth-order valence-corrected chi connectivity index (χ4v) is 3.39. The van der Waals surface area contributed by atoms with Gasteiger partial charge < -0.3 is 14.6 Å². The molecule has 30 heavy (non-hydrogen) atoms. The number of hydrogen-bond donors (Lipinski definition) is 1. The first-order valence-corrected chi connectivity index (χ1v) is 10.7. The first-order chi connectivity index (χ1) is 14.3. The van der Waals surface area contributed by atoms with Gasteiger partial charge in [-0.1, -0.05) is 35.1 Å². The smallest absolute Gasteiger partial charge is 0.276 e. The van der Waals surface area contributed by atoms with E-state index >= 15 is 0 Å². The number of aromatic nitrogens is 2. The molecule has 1 atom stereocenters. The van der Waals surface area contributed by atoms with E-state index in [0.717, 1.165) is 23.5 Å². The van der Waals surface area contributed by atoms with E-state index in [4.69, 9.17) is 16.0 Å². The quantitative estimate of drug-likeness (QED) is 0.551. The summed E-state index contributed by atoms with van der Waals surface area (Å²) in [5, 5.41) is 9.07. The molecule has 7 nitrogen and oxygen atoms in total. The summed E-state index contributed by atoms with van der Waals surface area (Å²) in [6, 6.07) is 9.51. The van der Waals surface area contributed by atoms with Crippen LogP contribution >= 0.6 is 23.1 Å². The Morgan fingerprint density at radius 2 is 2.00 bits per heavy atom. The Morgan fingerprint density at radius 1 is 1.27 bits per heavy atom. The van der Waals surface area contributed by atoms with Crippen LogP contribution in [0.1, 0.15) is 55.0 Å². The molecule has 0 saturated heterocycles. The van der Waals surface area contributed by atoms with Crippen LogP contribution in [0.15, 0.2) is 52.5 Å². The third kappa shape index (κ3) is 5.25. The number of halogens is 1. The highest BCUT2D eigenvalue weighted by Crippen LogP contribution is 2.27. The minimum atomic E-state index is -0.976. The molecule has 3 aromatic rings. The standard InChI is InChI=1S/C21H23ClN4O3S/c1-4-21(2,3)23-19(27)18(17-6-5-11-29-17)26(20(28)16-13-30-25-24-16)12-14-7-9-15(22)10-8-14/h5-11,13,18H,4,12H2,1-3H3,(H,23,27)/t18-/m0/s1. The number of nitrogens with zero attached hydrogens (tertiary/aromatic N) is 3. The fraction of sp³-hybridized carbons (Fsp3) is 0.333. The highest BCUT2D eigenvalue weighted by molar-refractivity contribution is 7.03. The molecule has 0 saturated carbocycles. The first kappa shape index (κ1) is 22.0. The average molecular weight is 447 g/mol. The molecule has 9 heteroatoms. The van der Waals surface area contributed by atoms with Crippen LogP contribution in [0.4, 0.5) is 0 Å². The summed E-state index contributed by atoms with van der Waals surface area (Å²) < 4.78 is 9.35. The normalized spacial score (nSPS) is 12.4. The molecule has 0 aliphatic rings. The van der Waals surface area contributed by atoms with E-state index in [1.54, 1.807) is 29.6 Å². The van der Waals surface area contributed by atoms with Gasteiger partial charge >= 0.3 is 0 Å². The number of amides is 2. The number of rotatable bonds is 8. The predicted octanol–water partition coefficient (Wildman–Crippen LogP) is 4.47. The maximum atomic E-state index is 13.4. The molecule has 0 bridgehead atoms. The van der Waals surface area contributed by atoms with E-state index in [-0.39, 0.29) is 18.1 Å². The second-order valence-corrected chi connectivity index (χ2v) is 8.54. The molecule has 0 radical (unpaired) electrons. The third-order valence-electron chi connectivity index (χ3n) is 4.82. The van der Waals surface area contributed by atoms with Crippen molar-refractivity contribution in [3.8, 4) is 0 Å². The number of carbonyl (C=O) groups is 2. The monoisotopic (exact) mass is 446 g/mol. The summed E-state index contributed by atoms with van der Waals surface area (Å²) >= 11 is 7.07. The van der Waals surface area contributed by atoms with Crippen LogP contribution in [0.5, 0.6) is 0 Å². The highest BCUT2D eigenvalue weighted by Gasteiger charge is 2.36. The van der Waals surface area contributed by atoms with Crippen LogP contribution in [0.25, 0.3) is 0 Å². The molecule has 1 N–H and O–H groups in total. The van der Waals surface area contributed by atoms with Crippen LogP contribution < -0.4 is 5.32 Å². The van der Waals surface area contributed by atoms with Crippen molar-refractivity contribution >= 4 is 34.9 Å². The summed E-state index contributed by atoms with van der Waals surface area (Å²) in [7, 11) is 0. The largest absolute Gasteiger partial charge is 0.467 e. The molecular weight excluding hydrogens is 424 g/mol. The average Bonchev–Trinajstić information content (AvgIpc) is 3.42. The molecular formula is C21H23ClN4O3S. The van der Waals surface area contributed by atoms with Gasteiger partial charge in [0.1, 0.15) is 5.76 Å². The van der Waals surface area contributed by atoms with E-state index in [2.05, 4.69) is 14.9 Å². The van der Waals surface area contributed by atoms with Gasteiger partial charge in [0.2, 0.25) is 0 Å². The third-order valence-corrected chi connectivity index (χ3v) is 5.58. The van der Waals surface area contributed by atoms with Crippen molar-refractivity contribution in [1.82, 2.24) is 19.8 Å². The lowest BCUT2D eigenvalue weighted by Gasteiger charge is -2.33. The number of hydrogen-bond acceptors (Lipinski definition) is 6. The maximum absolute atomic E-state index is 13.4. The Hall–Kier alpha value is -2.71. The summed E-state index contributed by atoms with van der Waals surface area (Å²) in [6.07, 6.45) is 2.21. The Labute approximate surface area is 184 Å². The van der Waals surface area contributed by atoms with Gasteiger partial charge in [0.15, 0.2) is 11.7 Å². The number of carbonyl (C=O) groups excluding carboxylic acids is 2. The van der Waals surface area contributed by atoms with Crippen molar-refractivity contribution in [1.29, 1.82) is 0 Å². The fourth-order valence-electron chi connectivity index (χ4n) is 2.83. The van der Waals surface area contributed by atoms with E-state index in [9.17, 15) is 9.59 Å². The van der Waals surface area contributed by atoms with Gasteiger partial charge in [-0.05, 0) is 61.6 Å². The minimum Gasteiger partial charge on any atom is -0.467 e. The number of furan rings is 1. The van der Waals surface area contributed by atoms with Gasteiger partial charge in [-0.15, -0.1) is 5.10 Å². The lowest BCUT2D eigenvalue weighted by Crippen LogP contribution is -2.50. The zero-order valence-corrected chi connectivity index (χ0v) is 18.5. The summed E-state index contributed by atoms with van der Waals surface area (Å²) in [4.78, 5) is 28.1. The minimum absolute atomic E-state index is 0.166. The highest BCUT2D eigenvalue weighted by atomic mass is 35.5. The topological polar surface area (TPSA) is 88.3 Å². The van der Waals surface area contributed by atoms with Gasteiger partial charge in [0.25, 0.3) is 11.8 Å². The summed E-state index contributed by atoms with van der Waals surface area (Å²) in [6.45, 7) is 6.01. The van der Waals surface area contributed by atoms with Crippen molar-refractivity contribution < 1.29 is 14.0 Å². The second-order valence-electron chi connectivity index (χ2n) is 7.49. The van der Waals surface area contributed by atoms with Crippen LogP contribution in [0.3, 0.4) is 0 Å². The number of nitrogens with one attached hydrogen (secondary N) is 1. The van der Waals surface area contributed by atoms with E-state index in [1.165, 1.54) is 11.2 Å². The molecule has 0 fully saturated rings. The molecule has 2 amide bonds. The van der Waals surface area contributed by atoms with E-state index in [1.807, 2.05) is 32.9 Å². The predicted molar refractivity (Wildman–Crippen MR) is 115 cm³/mol. The summed E-state index contributed by atoms with van der Waals surface area (Å²) in [5.74, 6) is -0.378. The van der Waals surface area contributed by atoms with Gasteiger partial charge in [-0.2, -0.15) is 0 Å². The lowest BCUT2D eigenvalue weighted by molar-refractivity contribution is -0.128. The zero-order valence-electron chi connectivity index (χ0n) is 17.0. The van der Waals surface area contributed by atoms with Crippen molar-refractivity contribution in [2.45, 2.75) is 45.3 Å². The molecule has 3 rings (SSSR count). The maximum Gasteiger partial charge on any atom is 0.276 e. The van der Waals surface area contributed by atoms with Crippen molar-refractivity contribution in [3.05, 3.63) is 70.1 Å². The Kier molecular flexibility index (Phi) is 6.89. The molecule has 1 aromatic carbocycles. The van der Waals surface area contributed by atoms with E-state index < -0.39 is 17.5 Å². The molecule has 0 unspecified atom stereocenters. The molecule has 2 heterocycles. The zero-order chi connectivity index (χ0) is 21.7. The SMILES string of the molecule is CCC(C)(C)NC(=O)[C@H](c1ccco1)N(Cc1ccc(Cl)cc1)C(=O)c1csnn1. The Balaban J connectivity index is 2.02. The van der Waals surface area contributed by atoms with Crippen molar-refractivity contribution in [2.24, 2.45) is 0 Å². The Morgan fingerprint density at radius 3 is 2.57 bits per heavy atom.